The average Bonchev–Trinajstić information content (AvgIpc) is 2.41. The largest absolute Gasteiger partial charge is 0.375 e. The fraction of sp³-hybridized carbons (Fsp3) is 0.278. The molecule has 2 aromatic rings. The highest BCUT2D eigenvalue weighted by atomic mass is 35.5. The molecule has 0 radical (unpaired) electrons. The molecule has 0 atom stereocenters. The zero-order valence-electron chi connectivity index (χ0n) is 13.4. The predicted octanol–water partition coefficient (Wildman–Crippen LogP) is 4.62. The van der Waals surface area contributed by atoms with Gasteiger partial charge in [-0.25, -0.2) is 0 Å². The first kappa shape index (κ1) is 16.4. The van der Waals surface area contributed by atoms with Crippen LogP contribution in [0.2, 0.25) is 5.02 Å². The summed E-state index contributed by atoms with van der Waals surface area (Å²) in [6.45, 7) is 8.22. The first-order valence-corrected chi connectivity index (χ1v) is 7.62. The van der Waals surface area contributed by atoms with Crippen molar-refractivity contribution in [1.82, 2.24) is 0 Å². The van der Waals surface area contributed by atoms with Gasteiger partial charge in [-0.3, -0.25) is 4.79 Å². The Kier molecular flexibility index (Phi) is 5.09. The minimum atomic E-state index is -0.0979. The number of benzene rings is 2. The number of rotatable bonds is 4. The summed E-state index contributed by atoms with van der Waals surface area (Å²) < 4.78 is 0. The number of carbonyl (C=O) groups excluding carboxylic acids is 1. The zero-order chi connectivity index (χ0) is 16.3. The van der Waals surface area contributed by atoms with E-state index in [1.165, 1.54) is 5.56 Å². The smallest absolute Gasteiger partial charge is 0.243 e. The van der Waals surface area contributed by atoms with E-state index in [9.17, 15) is 4.79 Å². The third-order valence-electron chi connectivity index (χ3n) is 3.65. The Bertz CT molecular complexity index is 687. The van der Waals surface area contributed by atoms with Gasteiger partial charge in [-0.05, 0) is 68.1 Å². The van der Waals surface area contributed by atoms with Gasteiger partial charge in [0.15, 0.2) is 0 Å². The van der Waals surface area contributed by atoms with Crippen LogP contribution in [0.3, 0.4) is 0 Å². The monoisotopic (exact) mass is 316 g/mol. The molecule has 3 nitrogen and oxygen atoms in total. The Morgan fingerprint density at radius 1 is 1.00 bits per heavy atom. The van der Waals surface area contributed by atoms with Crippen LogP contribution < -0.4 is 10.6 Å². The lowest BCUT2D eigenvalue weighted by Gasteiger charge is -2.13. The molecule has 0 spiro atoms. The minimum Gasteiger partial charge on any atom is -0.375 e. The highest BCUT2D eigenvalue weighted by Gasteiger charge is 2.08. The molecular formula is C18H21ClN2O. The van der Waals surface area contributed by atoms with Crippen LogP contribution in [0.25, 0.3) is 0 Å². The minimum absolute atomic E-state index is 0.0979. The summed E-state index contributed by atoms with van der Waals surface area (Å²) >= 11 is 6.22. The van der Waals surface area contributed by atoms with Crippen LogP contribution in [-0.2, 0) is 4.79 Å². The van der Waals surface area contributed by atoms with E-state index in [0.717, 1.165) is 28.1 Å². The van der Waals surface area contributed by atoms with Gasteiger partial charge >= 0.3 is 0 Å². The van der Waals surface area contributed by atoms with Crippen LogP contribution in [-0.4, -0.2) is 12.5 Å². The van der Waals surface area contributed by atoms with Gasteiger partial charge in [-0.2, -0.15) is 0 Å². The average molecular weight is 317 g/mol. The number of amides is 1. The first-order chi connectivity index (χ1) is 10.4. The SMILES string of the molecule is Cc1cc(C)c(NCC(=O)Nc2ccc(C)c(C)c2)c(Cl)c1. The van der Waals surface area contributed by atoms with E-state index in [2.05, 4.69) is 10.6 Å². The van der Waals surface area contributed by atoms with Crippen molar-refractivity contribution in [2.24, 2.45) is 0 Å². The maximum Gasteiger partial charge on any atom is 0.243 e. The van der Waals surface area contributed by atoms with Crippen LogP contribution in [0.4, 0.5) is 11.4 Å². The van der Waals surface area contributed by atoms with E-state index < -0.39 is 0 Å². The second-order valence-corrected chi connectivity index (χ2v) is 6.05. The van der Waals surface area contributed by atoms with Gasteiger partial charge in [-0.1, -0.05) is 23.7 Å². The molecule has 0 saturated carbocycles. The second-order valence-electron chi connectivity index (χ2n) is 5.64. The molecule has 0 saturated heterocycles. The lowest BCUT2D eigenvalue weighted by molar-refractivity contribution is -0.114. The number of hydrogen-bond donors (Lipinski definition) is 2. The number of aryl methyl sites for hydroxylation is 4. The molecule has 1 amide bonds. The lowest BCUT2D eigenvalue weighted by Crippen LogP contribution is -2.22. The molecule has 22 heavy (non-hydrogen) atoms. The van der Waals surface area contributed by atoms with Crippen molar-refractivity contribution >= 4 is 28.9 Å². The van der Waals surface area contributed by atoms with E-state index in [0.29, 0.717) is 5.02 Å². The van der Waals surface area contributed by atoms with Crippen LogP contribution in [0.15, 0.2) is 30.3 Å². The van der Waals surface area contributed by atoms with E-state index >= 15 is 0 Å². The Labute approximate surface area is 136 Å². The van der Waals surface area contributed by atoms with E-state index in [-0.39, 0.29) is 12.5 Å². The lowest BCUT2D eigenvalue weighted by atomic mass is 10.1. The normalized spacial score (nSPS) is 10.4. The number of carbonyl (C=O) groups is 1. The van der Waals surface area contributed by atoms with Gasteiger partial charge in [0.25, 0.3) is 0 Å². The third-order valence-corrected chi connectivity index (χ3v) is 3.95. The first-order valence-electron chi connectivity index (χ1n) is 7.24. The fourth-order valence-corrected chi connectivity index (χ4v) is 2.72. The van der Waals surface area contributed by atoms with Gasteiger partial charge < -0.3 is 10.6 Å². The Morgan fingerprint density at radius 2 is 1.73 bits per heavy atom. The van der Waals surface area contributed by atoms with E-state index in [1.54, 1.807) is 0 Å². The number of nitrogens with one attached hydrogen (secondary N) is 2. The van der Waals surface area contributed by atoms with Crippen molar-refractivity contribution in [3.63, 3.8) is 0 Å². The van der Waals surface area contributed by atoms with Gasteiger partial charge in [0.1, 0.15) is 0 Å². The number of hydrogen-bond acceptors (Lipinski definition) is 2. The van der Waals surface area contributed by atoms with Crippen LogP contribution in [0, 0.1) is 27.7 Å². The summed E-state index contributed by atoms with van der Waals surface area (Å²) in [7, 11) is 0. The predicted molar refractivity (Wildman–Crippen MR) is 94.0 cm³/mol. The van der Waals surface area contributed by atoms with Crippen molar-refractivity contribution < 1.29 is 4.79 Å². The van der Waals surface area contributed by atoms with Crippen molar-refractivity contribution in [3.05, 3.63) is 57.6 Å². The molecule has 116 valence electrons. The molecule has 0 bridgehead atoms. The van der Waals surface area contributed by atoms with Gasteiger partial charge in [0.2, 0.25) is 5.91 Å². The van der Waals surface area contributed by atoms with Gasteiger partial charge in [0.05, 0.1) is 17.3 Å². The summed E-state index contributed by atoms with van der Waals surface area (Å²) in [5.74, 6) is -0.0979. The van der Waals surface area contributed by atoms with Crippen LogP contribution in [0.1, 0.15) is 22.3 Å². The molecule has 0 aromatic heterocycles. The van der Waals surface area contributed by atoms with Gasteiger partial charge in [-0.15, -0.1) is 0 Å². The molecular weight excluding hydrogens is 296 g/mol. The molecule has 0 unspecified atom stereocenters. The molecule has 2 rings (SSSR count). The maximum absolute atomic E-state index is 12.1. The van der Waals surface area contributed by atoms with Crippen LogP contribution in [0.5, 0.6) is 0 Å². The molecule has 4 heteroatoms. The second kappa shape index (κ2) is 6.84. The summed E-state index contributed by atoms with van der Waals surface area (Å²) in [5.41, 5.74) is 6.11. The topological polar surface area (TPSA) is 41.1 Å². The van der Waals surface area contributed by atoms with Gasteiger partial charge in [0, 0.05) is 5.69 Å². The van der Waals surface area contributed by atoms with Crippen molar-refractivity contribution in [3.8, 4) is 0 Å². The zero-order valence-corrected chi connectivity index (χ0v) is 14.1. The summed E-state index contributed by atoms with van der Waals surface area (Å²) in [6, 6.07) is 9.80. The fourth-order valence-electron chi connectivity index (χ4n) is 2.33. The summed E-state index contributed by atoms with van der Waals surface area (Å²) in [6.07, 6.45) is 0. The Morgan fingerprint density at radius 3 is 2.36 bits per heavy atom. The number of anilines is 2. The van der Waals surface area contributed by atoms with Crippen molar-refractivity contribution in [2.45, 2.75) is 27.7 Å². The number of halogens is 1. The Balaban J connectivity index is 2.00. The Hall–Kier alpha value is -2.00. The standard InChI is InChI=1S/C18H21ClN2O/c1-11-7-14(4)18(16(19)8-11)20-10-17(22)21-15-6-5-12(2)13(3)9-15/h5-9,20H,10H2,1-4H3,(H,21,22). The summed E-state index contributed by atoms with van der Waals surface area (Å²) in [4.78, 5) is 12.1. The van der Waals surface area contributed by atoms with Crippen molar-refractivity contribution in [2.75, 3.05) is 17.2 Å². The quantitative estimate of drug-likeness (QED) is 0.863. The molecule has 0 aliphatic rings. The molecule has 0 aliphatic heterocycles. The van der Waals surface area contributed by atoms with E-state index in [1.807, 2.05) is 58.0 Å². The molecule has 2 aromatic carbocycles. The summed E-state index contributed by atoms with van der Waals surface area (Å²) in [5, 5.41) is 6.63. The maximum atomic E-state index is 12.1. The van der Waals surface area contributed by atoms with E-state index in [4.69, 9.17) is 11.6 Å². The van der Waals surface area contributed by atoms with Crippen molar-refractivity contribution in [1.29, 1.82) is 0 Å². The molecule has 0 fully saturated rings. The highest BCUT2D eigenvalue weighted by Crippen LogP contribution is 2.27. The third kappa shape index (κ3) is 4.01. The highest BCUT2D eigenvalue weighted by molar-refractivity contribution is 6.33. The molecule has 2 N–H and O–H groups in total. The van der Waals surface area contributed by atoms with Crippen LogP contribution >= 0.6 is 11.6 Å². The molecule has 0 aliphatic carbocycles. The molecule has 0 heterocycles.